The summed E-state index contributed by atoms with van der Waals surface area (Å²) in [7, 11) is -0.952. The van der Waals surface area contributed by atoms with E-state index in [0.717, 1.165) is 25.1 Å². The third kappa shape index (κ3) is 3.64. The Morgan fingerprint density at radius 3 is 2.83 bits per heavy atom. The normalized spacial score (nSPS) is 24.8. The molecule has 0 saturated carbocycles. The Labute approximate surface area is 144 Å². The topological polar surface area (TPSA) is 62.7 Å². The molecule has 0 aromatic carbocycles. The molecular formula is C17H27N3O3S. The van der Waals surface area contributed by atoms with Gasteiger partial charge in [0.15, 0.2) is 0 Å². The van der Waals surface area contributed by atoms with Crippen molar-refractivity contribution < 1.29 is 13.2 Å². The van der Waals surface area contributed by atoms with Gasteiger partial charge in [-0.15, -0.1) is 0 Å². The van der Waals surface area contributed by atoms with Gasteiger partial charge in [-0.05, 0) is 51.4 Å². The number of piperidine rings is 1. The van der Waals surface area contributed by atoms with E-state index in [1.54, 1.807) is 17.4 Å². The van der Waals surface area contributed by atoms with Gasteiger partial charge in [0.2, 0.25) is 10.0 Å². The minimum absolute atomic E-state index is 0.000483. The van der Waals surface area contributed by atoms with Crippen LogP contribution in [0.1, 0.15) is 25.5 Å². The summed E-state index contributed by atoms with van der Waals surface area (Å²) in [6.07, 6.45) is 3.88. The van der Waals surface area contributed by atoms with Crippen LogP contribution in [0.4, 0.5) is 0 Å². The van der Waals surface area contributed by atoms with Gasteiger partial charge in [0.1, 0.15) is 0 Å². The molecule has 0 radical (unpaired) electrons. The van der Waals surface area contributed by atoms with E-state index in [2.05, 4.69) is 16.9 Å². The first kappa shape index (κ1) is 17.8. The Kier molecular flexibility index (Phi) is 5.24. The van der Waals surface area contributed by atoms with E-state index in [9.17, 15) is 8.42 Å². The third-order valence-electron chi connectivity index (χ3n) is 5.38. The molecule has 134 valence electrons. The SMILES string of the molecule is CCS(=O)(=O)N1CC2(CC(COCc3ccccn3)CCN2C)C1. The van der Waals surface area contributed by atoms with Crippen LogP contribution in [0.15, 0.2) is 24.4 Å². The molecule has 0 bridgehead atoms. The van der Waals surface area contributed by atoms with Crippen molar-refractivity contribution in [1.82, 2.24) is 14.2 Å². The predicted molar refractivity (Wildman–Crippen MR) is 93.0 cm³/mol. The van der Waals surface area contributed by atoms with Crippen molar-refractivity contribution in [3.8, 4) is 0 Å². The molecule has 7 heteroatoms. The third-order valence-corrected chi connectivity index (χ3v) is 7.15. The van der Waals surface area contributed by atoms with Crippen molar-refractivity contribution >= 4 is 10.0 Å². The molecule has 1 unspecified atom stereocenters. The van der Waals surface area contributed by atoms with Crippen molar-refractivity contribution in [3.05, 3.63) is 30.1 Å². The van der Waals surface area contributed by atoms with Gasteiger partial charge in [-0.1, -0.05) is 6.07 Å². The fourth-order valence-corrected chi connectivity index (χ4v) is 4.96. The van der Waals surface area contributed by atoms with Gasteiger partial charge < -0.3 is 4.74 Å². The fraction of sp³-hybridized carbons (Fsp3) is 0.706. The molecule has 2 aliphatic rings. The first-order valence-electron chi connectivity index (χ1n) is 8.62. The fourth-order valence-electron chi connectivity index (χ4n) is 3.72. The maximum atomic E-state index is 12.0. The van der Waals surface area contributed by atoms with Gasteiger partial charge in [-0.3, -0.25) is 9.88 Å². The molecule has 2 saturated heterocycles. The first-order chi connectivity index (χ1) is 11.5. The lowest BCUT2D eigenvalue weighted by atomic mass is 9.77. The number of nitrogens with zero attached hydrogens (tertiary/aromatic N) is 3. The Morgan fingerprint density at radius 1 is 1.38 bits per heavy atom. The lowest BCUT2D eigenvalue weighted by Crippen LogP contribution is -2.72. The average molecular weight is 353 g/mol. The number of hydrogen-bond donors (Lipinski definition) is 0. The van der Waals surface area contributed by atoms with Gasteiger partial charge in [-0.25, -0.2) is 8.42 Å². The highest BCUT2D eigenvalue weighted by molar-refractivity contribution is 7.89. The molecule has 1 aromatic heterocycles. The second kappa shape index (κ2) is 7.07. The zero-order valence-corrected chi connectivity index (χ0v) is 15.3. The van der Waals surface area contributed by atoms with Crippen LogP contribution in [-0.2, 0) is 21.4 Å². The van der Waals surface area contributed by atoms with Gasteiger partial charge in [-0.2, -0.15) is 4.31 Å². The van der Waals surface area contributed by atoms with Crippen molar-refractivity contribution in [2.75, 3.05) is 39.0 Å². The standard InChI is InChI=1S/C17H27N3O3S/c1-3-24(21,22)20-13-17(14-20)10-15(7-9-19(17)2)11-23-12-16-6-4-5-8-18-16/h4-6,8,15H,3,7,9-14H2,1-2H3. The van der Waals surface area contributed by atoms with Gasteiger partial charge >= 0.3 is 0 Å². The highest BCUT2D eigenvalue weighted by Crippen LogP contribution is 2.39. The lowest BCUT2D eigenvalue weighted by Gasteiger charge is -2.57. The minimum Gasteiger partial charge on any atom is -0.375 e. The number of hydrogen-bond acceptors (Lipinski definition) is 5. The van der Waals surface area contributed by atoms with Crippen LogP contribution in [0, 0.1) is 5.92 Å². The van der Waals surface area contributed by atoms with Gasteiger partial charge in [0.25, 0.3) is 0 Å². The first-order valence-corrected chi connectivity index (χ1v) is 10.2. The number of sulfonamides is 1. The summed E-state index contributed by atoms with van der Waals surface area (Å²) >= 11 is 0. The van der Waals surface area contributed by atoms with E-state index in [1.165, 1.54) is 0 Å². The zero-order chi connectivity index (χ0) is 17.2. The number of aromatic nitrogens is 1. The molecule has 0 N–H and O–H groups in total. The smallest absolute Gasteiger partial charge is 0.213 e. The number of likely N-dealkylation sites (N-methyl/N-ethyl adjacent to an activating group) is 1. The number of pyridine rings is 1. The highest BCUT2D eigenvalue weighted by Gasteiger charge is 2.52. The minimum atomic E-state index is -3.06. The summed E-state index contributed by atoms with van der Waals surface area (Å²) in [4.78, 5) is 6.61. The van der Waals surface area contributed by atoms with Crippen LogP contribution < -0.4 is 0 Å². The van der Waals surface area contributed by atoms with Crippen LogP contribution in [0.3, 0.4) is 0 Å². The van der Waals surface area contributed by atoms with E-state index in [0.29, 0.717) is 32.2 Å². The molecule has 2 aliphatic heterocycles. The lowest BCUT2D eigenvalue weighted by molar-refractivity contribution is -0.0601. The molecule has 3 heterocycles. The largest absolute Gasteiger partial charge is 0.375 e. The second-order valence-electron chi connectivity index (χ2n) is 7.01. The van der Waals surface area contributed by atoms with Crippen molar-refractivity contribution in [2.45, 2.75) is 31.9 Å². The van der Waals surface area contributed by atoms with Crippen LogP contribution in [0.2, 0.25) is 0 Å². The molecule has 0 aliphatic carbocycles. The van der Waals surface area contributed by atoms with E-state index >= 15 is 0 Å². The van der Waals surface area contributed by atoms with Crippen LogP contribution in [0.5, 0.6) is 0 Å². The monoisotopic (exact) mass is 353 g/mol. The summed E-state index contributed by atoms with van der Waals surface area (Å²) in [6.45, 7) is 5.20. The quantitative estimate of drug-likeness (QED) is 0.772. The molecule has 0 amide bonds. The van der Waals surface area contributed by atoms with E-state index < -0.39 is 10.0 Å². The predicted octanol–water partition coefficient (Wildman–Crippen LogP) is 1.34. The van der Waals surface area contributed by atoms with Crippen LogP contribution >= 0.6 is 0 Å². The molecule has 24 heavy (non-hydrogen) atoms. The highest BCUT2D eigenvalue weighted by atomic mass is 32.2. The summed E-state index contributed by atoms with van der Waals surface area (Å²) in [5.74, 6) is 0.667. The summed E-state index contributed by atoms with van der Waals surface area (Å²) in [6, 6.07) is 5.83. The van der Waals surface area contributed by atoms with Crippen molar-refractivity contribution in [1.29, 1.82) is 0 Å². The summed E-state index contributed by atoms with van der Waals surface area (Å²) in [5.41, 5.74) is 0.948. The van der Waals surface area contributed by atoms with Crippen LogP contribution in [0.25, 0.3) is 0 Å². The molecule has 6 nitrogen and oxygen atoms in total. The van der Waals surface area contributed by atoms with Gasteiger partial charge in [0.05, 0.1) is 24.7 Å². The van der Waals surface area contributed by atoms with Gasteiger partial charge in [0, 0.05) is 24.8 Å². The summed E-state index contributed by atoms with van der Waals surface area (Å²) in [5, 5.41) is 0. The molecule has 1 aromatic rings. The van der Waals surface area contributed by atoms with Crippen molar-refractivity contribution in [2.24, 2.45) is 5.92 Å². The zero-order valence-electron chi connectivity index (χ0n) is 14.5. The molecular weight excluding hydrogens is 326 g/mol. The Morgan fingerprint density at radius 2 is 2.17 bits per heavy atom. The molecule has 1 spiro atoms. The molecule has 1 atom stereocenters. The average Bonchev–Trinajstić information content (AvgIpc) is 2.55. The van der Waals surface area contributed by atoms with E-state index in [4.69, 9.17) is 4.74 Å². The Bertz CT molecular complexity index is 644. The molecule has 3 rings (SSSR count). The molecule has 2 fully saturated rings. The number of rotatable bonds is 6. The maximum Gasteiger partial charge on any atom is 0.213 e. The maximum absolute atomic E-state index is 12.0. The van der Waals surface area contributed by atoms with Crippen molar-refractivity contribution in [3.63, 3.8) is 0 Å². The van der Waals surface area contributed by atoms with Crippen LogP contribution in [-0.4, -0.2) is 67.2 Å². The Hall–Kier alpha value is -1.02. The second-order valence-corrected chi connectivity index (χ2v) is 9.27. The van der Waals surface area contributed by atoms with E-state index in [1.807, 2.05) is 18.2 Å². The van der Waals surface area contributed by atoms with E-state index in [-0.39, 0.29) is 11.3 Å². The number of ether oxygens (including phenoxy) is 1. The number of likely N-dealkylation sites (tertiary alicyclic amines) is 1. The Balaban J connectivity index is 1.51. The summed E-state index contributed by atoms with van der Waals surface area (Å²) < 4.78 is 31.5.